The van der Waals surface area contributed by atoms with Crippen LogP contribution in [-0.2, 0) is 0 Å². The zero-order chi connectivity index (χ0) is 19.3. The summed E-state index contributed by atoms with van der Waals surface area (Å²) >= 11 is 0. The van der Waals surface area contributed by atoms with Crippen LogP contribution >= 0.6 is 0 Å². The average molecular weight is 365 g/mol. The van der Waals surface area contributed by atoms with E-state index in [0.717, 1.165) is 22.8 Å². The van der Waals surface area contributed by atoms with Crippen molar-refractivity contribution in [2.24, 2.45) is 0 Å². The highest BCUT2D eigenvalue weighted by atomic mass is 16.5. The summed E-state index contributed by atoms with van der Waals surface area (Å²) in [5.41, 5.74) is 7.01. The molecule has 0 aromatic heterocycles. The number of anilines is 3. The van der Waals surface area contributed by atoms with Crippen LogP contribution < -0.4 is 9.64 Å². The van der Waals surface area contributed by atoms with Crippen molar-refractivity contribution in [1.29, 1.82) is 0 Å². The lowest BCUT2D eigenvalue weighted by Crippen LogP contribution is -2.09. The van der Waals surface area contributed by atoms with Crippen LogP contribution in [0.15, 0.2) is 103 Å². The predicted molar refractivity (Wildman–Crippen MR) is 118 cm³/mol. The summed E-state index contributed by atoms with van der Waals surface area (Å²) in [6.45, 7) is 2.13. The summed E-state index contributed by atoms with van der Waals surface area (Å²) < 4.78 is 5.40. The summed E-state index contributed by atoms with van der Waals surface area (Å²) in [4.78, 5) is 2.27. The Morgan fingerprint density at radius 3 is 1.68 bits per heavy atom. The van der Waals surface area contributed by atoms with Crippen LogP contribution in [0.5, 0.6) is 5.75 Å². The van der Waals surface area contributed by atoms with Gasteiger partial charge in [0.1, 0.15) is 5.75 Å². The summed E-state index contributed by atoms with van der Waals surface area (Å²) in [5.74, 6) is 0.875. The van der Waals surface area contributed by atoms with Crippen LogP contribution in [0, 0.1) is 6.92 Å². The Morgan fingerprint density at radius 1 is 0.607 bits per heavy atom. The number of hydrogen-bond acceptors (Lipinski definition) is 2. The Kier molecular flexibility index (Phi) is 5.11. The van der Waals surface area contributed by atoms with Crippen molar-refractivity contribution in [3.05, 3.63) is 109 Å². The molecule has 28 heavy (non-hydrogen) atoms. The number of ether oxygens (including phenoxy) is 1. The quantitative estimate of drug-likeness (QED) is 0.373. The third-order valence-corrected chi connectivity index (χ3v) is 4.91. The number of aryl methyl sites for hydroxylation is 1. The number of hydrogen-bond donors (Lipinski definition) is 0. The second kappa shape index (κ2) is 8.01. The smallest absolute Gasteiger partial charge is 0.119 e. The van der Waals surface area contributed by atoms with Crippen LogP contribution in [0.3, 0.4) is 0 Å². The maximum atomic E-state index is 5.40. The van der Waals surface area contributed by atoms with E-state index in [0.29, 0.717) is 0 Å². The number of para-hydroxylation sites is 2. The van der Waals surface area contributed by atoms with E-state index in [9.17, 15) is 0 Å². The van der Waals surface area contributed by atoms with Crippen molar-refractivity contribution in [2.75, 3.05) is 12.0 Å². The molecule has 0 aliphatic heterocycles. The molecule has 4 aromatic carbocycles. The highest BCUT2D eigenvalue weighted by Crippen LogP contribution is 2.36. The molecule has 2 nitrogen and oxygen atoms in total. The fraction of sp³-hybridized carbons (Fsp3) is 0.0769. The van der Waals surface area contributed by atoms with Gasteiger partial charge in [0.2, 0.25) is 0 Å². The Morgan fingerprint density at radius 2 is 1.14 bits per heavy atom. The molecule has 0 bridgehead atoms. The molecule has 0 saturated carbocycles. The van der Waals surface area contributed by atoms with Crippen molar-refractivity contribution in [3.8, 4) is 16.9 Å². The molecule has 0 N–H and O–H groups in total. The van der Waals surface area contributed by atoms with E-state index >= 15 is 0 Å². The van der Waals surface area contributed by atoms with Gasteiger partial charge in [0.15, 0.2) is 0 Å². The monoisotopic (exact) mass is 365 g/mol. The molecule has 0 heterocycles. The number of benzene rings is 4. The predicted octanol–water partition coefficient (Wildman–Crippen LogP) is 7.14. The van der Waals surface area contributed by atoms with Gasteiger partial charge in [0, 0.05) is 17.1 Å². The minimum absolute atomic E-state index is 0.875. The Bertz CT molecular complexity index is 1000. The first-order valence-electron chi connectivity index (χ1n) is 9.41. The molecule has 0 saturated heterocycles. The maximum Gasteiger partial charge on any atom is 0.119 e. The van der Waals surface area contributed by atoms with E-state index in [4.69, 9.17) is 4.74 Å². The van der Waals surface area contributed by atoms with Crippen LogP contribution in [0.1, 0.15) is 5.56 Å². The standard InChI is InChI=1S/C26H23NO/c1-20-13-18-25(28-2)19-26(20)21-14-16-24(17-15-21)27(22-9-5-3-6-10-22)23-11-7-4-8-12-23/h3-19H,1-2H3. The topological polar surface area (TPSA) is 12.5 Å². The van der Waals surface area contributed by atoms with E-state index in [1.807, 2.05) is 18.2 Å². The van der Waals surface area contributed by atoms with Crippen LogP contribution in [0.4, 0.5) is 17.1 Å². The SMILES string of the molecule is COc1ccc(C)c(-c2ccc(N(c3ccccc3)c3ccccc3)cc2)c1. The number of methoxy groups -OCH3 is 1. The van der Waals surface area contributed by atoms with Gasteiger partial charge in [-0.3, -0.25) is 0 Å². The van der Waals surface area contributed by atoms with E-state index in [1.165, 1.54) is 16.7 Å². The van der Waals surface area contributed by atoms with Gasteiger partial charge >= 0.3 is 0 Å². The minimum Gasteiger partial charge on any atom is -0.497 e. The van der Waals surface area contributed by atoms with Crippen molar-refractivity contribution < 1.29 is 4.74 Å². The summed E-state index contributed by atoms with van der Waals surface area (Å²) in [6, 6.07) is 35.8. The van der Waals surface area contributed by atoms with E-state index in [-0.39, 0.29) is 0 Å². The van der Waals surface area contributed by atoms with Crippen molar-refractivity contribution in [3.63, 3.8) is 0 Å². The van der Waals surface area contributed by atoms with Crippen molar-refractivity contribution >= 4 is 17.1 Å². The fourth-order valence-corrected chi connectivity index (χ4v) is 3.43. The zero-order valence-electron chi connectivity index (χ0n) is 16.2. The Labute approximate surface area is 166 Å². The molecule has 4 rings (SSSR count). The van der Waals surface area contributed by atoms with Gasteiger partial charge in [-0.1, -0.05) is 54.6 Å². The van der Waals surface area contributed by atoms with Gasteiger partial charge in [-0.15, -0.1) is 0 Å². The first-order valence-corrected chi connectivity index (χ1v) is 9.41. The molecule has 0 radical (unpaired) electrons. The average Bonchev–Trinajstić information content (AvgIpc) is 2.76. The third kappa shape index (κ3) is 3.63. The van der Waals surface area contributed by atoms with Crippen LogP contribution in [0.25, 0.3) is 11.1 Å². The van der Waals surface area contributed by atoms with Crippen molar-refractivity contribution in [2.45, 2.75) is 6.92 Å². The summed E-state index contributed by atoms with van der Waals surface area (Å²) in [6.07, 6.45) is 0. The molecular formula is C26H23NO. The van der Waals surface area contributed by atoms with E-state index in [2.05, 4.69) is 96.8 Å². The zero-order valence-corrected chi connectivity index (χ0v) is 16.2. The number of nitrogens with zero attached hydrogens (tertiary/aromatic N) is 1. The molecule has 2 heteroatoms. The first-order chi connectivity index (χ1) is 13.8. The highest BCUT2D eigenvalue weighted by molar-refractivity contribution is 5.78. The van der Waals surface area contributed by atoms with Crippen LogP contribution in [-0.4, -0.2) is 7.11 Å². The molecule has 0 atom stereocenters. The lowest BCUT2D eigenvalue weighted by Gasteiger charge is -2.25. The molecular weight excluding hydrogens is 342 g/mol. The molecule has 0 fully saturated rings. The molecule has 0 aliphatic rings. The lowest BCUT2D eigenvalue weighted by molar-refractivity contribution is 0.415. The number of rotatable bonds is 5. The molecule has 0 unspecified atom stereocenters. The van der Waals surface area contributed by atoms with Gasteiger partial charge in [-0.05, 0) is 72.1 Å². The van der Waals surface area contributed by atoms with Gasteiger partial charge < -0.3 is 9.64 Å². The third-order valence-electron chi connectivity index (χ3n) is 4.91. The molecule has 138 valence electrons. The van der Waals surface area contributed by atoms with Crippen molar-refractivity contribution in [1.82, 2.24) is 0 Å². The molecule has 0 spiro atoms. The van der Waals surface area contributed by atoms with Gasteiger partial charge in [0.25, 0.3) is 0 Å². The molecule has 4 aromatic rings. The minimum atomic E-state index is 0.875. The molecule has 0 aliphatic carbocycles. The fourth-order valence-electron chi connectivity index (χ4n) is 3.43. The maximum absolute atomic E-state index is 5.40. The second-order valence-corrected chi connectivity index (χ2v) is 6.73. The highest BCUT2D eigenvalue weighted by Gasteiger charge is 2.12. The Balaban J connectivity index is 1.75. The normalized spacial score (nSPS) is 10.5. The van der Waals surface area contributed by atoms with E-state index < -0.39 is 0 Å². The van der Waals surface area contributed by atoms with E-state index in [1.54, 1.807) is 7.11 Å². The van der Waals surface area contributed by atoms with Gasteiger partial charge in [-0.2, -0.15) is 0 Å². The largest absolute Gasteiger partial charge is 0.497 e. The lowest BCUT2D eigenvalue weighted by atomic mass is 9.99. The Hall–Kier alpha value is -3.52. The first kappa shape index (κ1) is 17.9. The summed E-state index contributed by atoms with van der Waals surface area (Å²) in [7, 11) is 1.70. The van der Waals surface area contributed by atoms with Gasteiger partial charge in [-0.25, -0.2) is 0 Å². The molecule has 0 amide bonds. The van der Waals surface area contributed by atoms with Crippen LogP contribution in [0.2, 0.25) is 0 Å². The summed E-state index contributed by atoms with van der Waals surface area (Å²) in [5, 5.41) is 0. The van der Waals surface area contributed by atoms with Gasteiger partial charge in [0.05, 0.1) is 7.11 Å². The second-order valence-electron chi connectivity index (χ2n) is 6.73.